The van der Waals surface area contributed by atoms with Gasteiger partial charge in [0.15, 0.2) is 12.0 Å². The normalized spacial score (nSPS) is 14.6. The zero-order valence-electron chi connectivity index (χ0n) is 22.6. The van der Waals surface area contributed by atoms with Crippen molar-refractivity contribution >= 4 is 29.7 Å². The van der Waals surface area contributed by atoms with Crippen molar-refractivity contribution in [3.05, 3.63) is 29.8 Å². The summed E-state index contributed by atoms with van der Waals surface area (Å²) in [6.07, 6.45) is 0.305. The van der Waals surface area contributed by atoms with Crippen LogP contribution in [0.4, 0.5) is 0 Å². The quantitative estimate of drug-likeness (QED) is 0.0498. The van der Waals surface area contributed by atoms with Crippen LogP contribution in [0.2, 0.25) is 0 Å². The highest BCUT2D eigenvalue weighted by atomic mass is 16.4. The van der Waals surface area contributed by atoms with Gasteiger partial charge in [-0.1, -0.05) is 12.1 Å². The third kappa shape index (κ3) is 12.7. The molecule has 0 heterocycles. The highest BCUT2D eigenvalue weighted by molar-refractivity contribution is 5.94. The van der Waals surface area contributed by atoms with Gasteiger partial charge in [-0.2, -0.15) is 0 Å². The van der Waals surface area contributed by atoms with Crippen molar-refractivity contribution in [1.29, 1.82) is 0 Å². The summed E-state index contributed by atoms with van der Waals surface area (Å²) in [6, 6.07) is 1.28. The lowest BCUT2D eigenvalue weighted by atomic mass is 10.0. The second-order valence-electron chi connectivity index (χ2n) is 9.40. The molecule has 0 aliphatic heterocycles. The Morgan fingerprint density at radius 3 is 1.98 bits per heavy atom. The van der Waals surface area contributed by atoms with Gasteiger partial charge in [0.1, 0.15) is 17.8 Å². The fourth-order valence-corrected chi connectivity index (χ4v) is 3.71. The molecule has 0 saturated carbocycles. The van der Waals surface area contributed by atoms with E-state index in [2.05, 4.69) is 20.9 Å². The molecule has 5 unspecified atom stereocenters. The molecule has 15 heteroatoms. The van der Waals surface area contributed by atoms with Gasteiger partial charge in [-0.25, -0.2) is 4.79 Å². The fourth-order valence-electron chi connectivity index (χ4n) is 3.71. The van der Waals surface area contributed by atoms with Crippen LogP contribution < -0.4 is 38.9 Å². The summed E-state index contributed by atoms with van der Waals surface area (Å²) in [5, 5.41) is 35.9. The number of nitrogens with zero attached hydrogens (tertiary/aromatic N) is 1. The van der Waals surface area contributed by atoms with Gasteiger partial charge in [0, 0.05) is 6.54 Å². The zero-order valence-corrected chi connectivity index (χ0v) is 22.6. The number of carbonyl (C=O) groups excluding carboxylic acids is 3. The van der Waals surface area contributed by atoms with Crippen molar-refractivity contribution in [2.24, 2.45) is 27.9 Å². The highest BCUT2D eigenvalue weighted by Crippen LogP contribution is 2.11. The Hall–Kier alpha value is -3.95. The first-order valence-corrected chi connectivity index (χ1v) is 13.0. The number of hydrogen-bond acceptors (Lipinski definition) is 9. The standard InChI is InChI=1S/C25H42N8O7/c1-14(34)20(24(39)40)33-23(38)19(6-4-12-30-25(28)29)32-22(37)18(5-2-3-11-26)31-21(36)17(27)13-15-7-9-16(35)10-8-15/h7-10,14,17-20,34-35H,2-6,11-13,26-27H2,1H3,(H,31,36)(H,32,37)(H,33,38)(H,39,40)(H4,28,29,30). The van der Waals surface area contributed by atoms with Crippen molar-refractivity contribution in [1.82, 2.24) is 16.0 Å². The van der Waals surface area contributed by atoms with Gasteiger partial charge in [-0.3, -0.25) is 19.4 Å². The largest absolute Gasteiger partial charge is 0.508 e. The molecule has 0 aliphatic rings. The highest BCUT2D eigenvalue weighted by Gasteiger charge is 2.31. The molecule has 5 atom stereocenters. The van der Waals surface area contributed by atoms with E-state index in [4.69, 9.17) is 22.9 Å². The van der Waals surface area contributed by atoms with Crippen LogP contribution >= 0.6 is 0 Å². The monoisotopic (exact) mass is 566 g/mol. The molecule has 0 radical (unpaired) electrons. The summed E-state index contributed by atoms with van der Waals surface area (Å²) in [6.45, 7) is 1.72. The number of guanidine groups is 1. The molecule has 3 amide bonds. The van der Waals surface area contributed by atoms with Crippen molar-refractivity contribution in [2.45, 2.75) is 75.7 Å². The first kappa shape index (κ1) is 34.1. The van der Waals surface area contributed by atoms with E-state index in [-0.39, 0.29) is 43.9 Å². The van der Waals surface area contributed by atoms with Crippen LogP contribution in [0.15, 0.2) is 29.3 Å². The zero-order chi connectivity index (χ0) is 30.2. The molecular weight excluding hydrogens is 524 g/mol. The number of carbonyl (C=O) groups is 4. The third-order valence-corrected chi connectivity index (χ3v) is 5.93. The van der Waals surface area contributed by atoms with Crippen LogP contribution in [0.25, 0.3) is 0 Å². The predicted octanol–water partition coefficient (Wildman–Crippen LogP) is -2.64. The first-order chi connectivity index (χ1) is 18.8. The van der Waals surface area contributed by atoms with Crippen LogP contribution in [0.1, 0.15) is 44.6 Å². The lowest BCUT2D eigenvalue weighted by Gasteiger charge is -2.26. The number of aliphatic hydroxyl groups is 1. The van der Waals surface area contributed by atoms with Gasteiger partial charge in [-0.15, -0.1) is 0 Å². The van der Waals surface area contributed by atoms with Crippen molar-refractivity contribution < 1.29 is 34.5 Å². The van der Waals surface area contributed by atoms with Crippen LogP contribution in [-0.4, -0.2) is 88.3 Å². The Kier molecular flexibility index (Phi) is 15.0. The molecule has 15 nitrogen and oxygen atoms in total. The number of phenols is 1. The molecule has 0 bridgehead atoms. The molecule has 1 rings (SSSR count). The van der Waals surface area contributed by atoms with E-state index >= 15 is 0 Å². The van der Waals surface area contributed by atoms with Gasteiger partial charge < -0.3 is 54.2 Å². The summed E-state index contributed by atoms with van der Waals surface area (Å²) >= 11 is 0. The number of nitrogens with one attached hydrogen (secondary N) is 3. The summed E-state index contributed by atoms with van der Waals surface area (Å²) in [4.78, 5) is 54.3. The average Bonchev–Trinajstić information content (AvgIpc) is 2.88. The summed E-state index contributed by atoms with van der Waals surface area (Å²) in [5.41, 5.74) is 23.0. The second-order valence-corrected chi connectivity index (χ2v) is 9.40. The smallest absolute Gasteiger partial charge is 0.328 e. The Bertz CT molecular complexity index is 999. The van der Waals surface area contributed by atoms with Crippen molar-refractivity contribution in [3.63, 3.8) is 0 Å². The number of carboxylic acid groups (broad SMARTS) is 1. The number of rotatable bonds is 18. The molecule has 1 aromatic carbocycles. The molecule has 0 aliphatic carbocycles. The number of nitrogens with two attached hydrogens (primary N) is 4. The molecule has 0 spiro atoms. The molecular formula is C25H42N8O7. The van der Waals surface area contributed by atoms with Gasteiger partial charge >= 0.3 is 5.97 Å². The molecule has 1 aromatic rings. The molecule has 224 valence electrons. The van der Waals surface area contributed by atoms with Gasteiger partial charge in [0.25, 0.3) is 0 Å². The molecule has 40 heavy (non-hydrogen) atoms. The van der Waals surface area contributed by atoms with Gasteiger partial charge in [0.2, 0.25) is 17.7 Å². The Labute approximate surface area is 232 Å². The number of carboxylic acids is 1. The van der Waals surface area contributed by atoms with Crippen molar-refractivity contribution in [2.75, 3.05) is 13.1 Å². The number of phenolic OH excluding ortho intramolecular Hbond substituents is 1. The SMILES string of the molecule is CC(O)C(NC(=O)C(CCCN=C(N)N)NC(=O)C(CCCCN)NC(=O)C(N)Cc1ccc(O)cc1)C(=O)O. The third-order valence-electron chi connectivity index (χ3n) is 5.93. The maximum Gasteiger partial charge on any atom is 0.328 e. The van der Waals surface area contributed by atoms with Crippen LogP contribution in [0.5, 0.6) is 5.75 Å². The van der Waals surface area contributed by atoms with E-state index in [0.29, 0.717) is 24.9 Å². The molecule has 0 saturated heterocycles. The molecule has 14 N–H and O–H groups in total. The Balaban J connectivity index is 3.03. The van der Waals surface area contributed by atoms with E-state index in [9.17, 15) is 34.5 Å². The minimum Gasteiger partial charge on any atom is -0.508 e. The lowest BCUT2D eigenvalue weighted by molar-refractivity contribution is -0.145. The van der Waals surface area contributed by atoms with E-state index < -0.39 is 54.0 Å². The predicted molar refractivity (Wildman–Crippen MR) is 148 cm³/mol. The summed E-state index contributed by atoms with van der Waals surface area (Å²) in [5.74, 6) is -3.68. The number of aromatic hydroxyl groups is 1. The topological polar surface area (TPSA) is 282 Å². The van der Waals surface area contributed by atoms with E-state index in [0.717, 1.165) is 0 Å². The average molecular weight is 567 g/mol. The lowest BCUT2D eigenvalue weighted by Crippen LogP contribution is -2.58. The van der Waals surface area contributed by atoms with Gasteiger partial charge in [0.05, 0.1) is 12.1 Å². The Morgan fingerprint density at radius 1 is 0.900 bits per heavy atom. The van der Waals surface area contributed by atoms with Crippen LogP contribution in [-0.2, 0) is 25.6 Å². The number of amides is 3. The van der Waals surface area contributed by atoms with E-state index in [1.165, 1.54) is 19.1 Å². The maximum atomic E-state index is 13.3. The fraction of sp³-hybridized carbons (Fsp3) is 0.560. The number of benzene rings is 1. The molecule has 0 fully saturated rings. The Morgan fingerprint density at radius 2 is 1.45 bits per heavy atom. The van der Waals surface area contributed by atoms with Crippen LogP contribution in [0, 0.1) is 0 Å². The van der Waals surface area contributed by atoms with Gasteiger partial charge in [-0.05, 0) is 69.7 Å². The molecule has 0 aromatic heterocycles. The summed E-state index contributed by atoms with van der Waals surface area (Å²) < 4.78 is 0. The van der Waals surface area contributed by atoms with E-state index in [1.54, 1.807) is 12.1 Å². The van der Waals surface area contributed by atoms with Crippen LogP contribution in [0.3, 0.4) is 0 Å². The number of aliphatic imine (C=N–C) groups is 1. The minimum atomic E-state index is -1.61. The van der Waals surface area contributed by atoms with Crippen molar-refractivity contribution in [3.8, 4) is 5.75 Å². The number of aliphatic hydroxyl groups excluding tert-OH is 1. The van der Waals surface area contributed by atoms with E-state index in [1.807, 2.05) is 0 Å². The maximum absolute atomic E-state index is 13.3. The first-order valence-electron chi connectivity index (χ1n) is 13.0. The second kappa shape index (κ2) is 17.6. The minimum absolute atomic E-state index is 0.0321. The number of unbranched alkanes of at least 4 members (excludes halogenated alkanes) is 1. The number of hydrogen-bond donors (Lipinski definition) is 10. The summed E-state index contributed by atoms with van der Waals surface area (Å²) in [7, 11) is 0. The number of aliphatic carboxylic acids is 1.